The van der Waals surface area contributed by atoms with E-state index in [9.17, 15) is 9.59 Å². The lowest BCUT2D eigenvalue weighted by atomic mass is 10.1. The van der Waals surface area contributed by atoms with E-state index in [0.29, 0.717) is 24.9 Å². The van der Waals surface area contributed by atoms with Gasteiger partial charge in [-0.3, -0.25) is 9.59 Å². The van der Waals surface area contributed by atoms with E-state index in [0.717, 1.165) is 30.5 Å². The summed E-state index contributed by atoms with van der Waals surface area (Å²) in [6.07, 6.45) is 7.96. The molecule has 0 aliphatic carbocycles. The summed E-state index contributed by atoms with van der Waals surface area (Å²) >= 11 is 0. The Morgan fingerprint density at radius 2 is 1.66 bits per heavy atom. The van der Waals surface area contributed by atoms with Gasteiger partial charge in [-0.1, -0.05) is 18.6 Å². The maximum atomic E-state index is 12.9. The Bertz CT molecular complexity index is 1030. The molecule has 1 fully saturated rings. The Kier molecular flexibility index (Phi) is 6.30. The summed E-state index contributed by atoms with van der Waals surface area (Å²) in [5, 5.41) is 3.03. The molecule has 0 saturated carbocycles. The largest absolute Gasteiger partial charge is 0.356 e. The molecule has 1 aliphatic heterocycles. The molecule has 0 bridgehead atoms. The molecule has 1 amide bonds. The van der Waals surface area contributed by atoms with Gasteiger partial charge >= 0.3 is 0 Å². The van der Waals surface area contributed by atoms with Crippen LogP contribution < -0.4 is 10.9 Å². The number of fused-ring (bicyclic) bond motifs is 3. The molecule has 1 aromatic carbocycles. The zero-order valence-corrected chi connectivity index (χ0v) is 17.0. The molecular formula is C23H30N4O2. The number of carbonyl (C=O) groups excluding carboxylic acids is 1. The Morgan fingerprint density at radius 1 is 0.897 bits per heavy atom. The van der Waals surface area contributed by atoms with Crippen molar-refractivity contribution in [1.82, 2.24) is 19.2 Å². The Balaban J connectivity index is 1.30. The second kappa shape index (κ2) is 9.27. The van der Waals surface area contributed by atoms with E-state index in [1.807, 2.05) is 47.0 Å². The van der Waals surface area contributed by atoms with Gasteiger partial charge in [0.2, 0.25) is 5.91 Å². The summed E-state index contributed by atoms with van der Waals surface area (Å²) in [7, 11) is 0. The van der Waals surface area contributed by atoms with Crippen molar-refractivity contribution in [2.45, 2.75) is 45.1 Å². The number of likely N-dealkylation sites (tertiary alicyclic amines) is 1. The minimum Gasteiger partial charge on any atom is -0.356 e. The molecular weight excluding hydrogens is 364 g/mol. The van der Waals surface area contributed by atoms with Crippen molar-refractivity contribution in [2.75, 3.05) is 26.2 Å². The Morgan fingerprint density at radius 3 is 2.48 bits per heavy atom. The van der Waals surface area contributed by atoms with Crippen LogP contribution in [0.5, 0.6) is 0 Å². The van der Waals surface area contributed by atoms with Crippen LogP contribution in [0.3, 0.4) is 0 Å². The number of hydrogen-bond donors (Lipinski definition) is 1. The second-order valence-corrected chi connectivity index (χ2v) is 7.92. The zero-order valence-electron chi connectivity index (χ0n) is 17.0. The molecule has 154 valence electrons. The number of carbonyl (C=O) groups is 1. The number of nitrogens with zero attached hydrogens (tertiary/aromatic N) is 3. The number of amides is 1. The van der Waals surface area contributed by atoms with Gasteiger partial charge < -0.3 is 19.2 Å². The van der Waals surface area contributed by atoms with Crippen molar-refractivity contribution in [2.24, 2.45) is 0 Å². The Labute approximate surface area is 171 Å². The molecule has 0 radical (unpaired) electrons. The first-order chi connectivity index (χ1) is 14.2. The second-order valence-electron chi connectivity index (χ2n) is 7.92. The summed E-state index contributed by atoms with van der Waals surface area (Å²) in [5.74, 6) is 0.0739. The van der Waals surface area contributed by atoms with Gasteiger partial charge in [-0.25, -0.2) is 0 Å². The van der Waals surface area contributed by atoms with Crippen LogP contribution in [0.2, 0.25) is 0 Å². The smallest absolute Gasteiger partial charge is 0.275 e. The molecule has 6 heteroatoms. The normalized spacial score (nSPS) is 15.2. The first-order valence-electron chi connectivity index (χ1n) is 10.8. The number of nitrogens with one attached hydrogen (secondary N) is 1. The van der Waals surface area contributed by atoms with Crippen LogP contribution >= 0.6 is 0 Å². The minimum atomic E-state index is -0.00404. The third-order valence-corrected chi connectivity index (χ3v) is 5.85. The molecule has 29 heavy (non-hydrogen) atoms. The van der Waals surface area contributed by atoms with E-state index in [4.69, 9.17) is 0 Å². The van der Waals surface area contributed by atoms with Crippen LogP contribution in [-0.2, 0) is 11.3 Å². The van der Waals surface area contributed by atoms with Crippen LogP contribution in [0, 0.1) is 0 Å². The van der Waals surface area contributed by atoms with Crippen LogP contribution in [0.15, 0.2) is 47.4 Å². The van der Waals surface area contributed by atoms with E-state index < -0.39 is 0 Å². The summed E-state index contributed by atoms with van der Waals surface area (Å²) < 4.78 is 3.73. The van der Waals surface area contributed by atoms with Gasteiger partial charge in [0.25, 0.3) is 5.56 Å². The maximum absolute atomic E-state index is 12.9. The lowest BCUT2D eigenvalue weighted by Gasteiger charge is -2.26. The van der Waals surface area contributed by atoms with E-state index in [1.54, 1.807) is 4.57 Å². The fraction of sp³-hybridized carbons (Fsp3) is 0.478. The topological polar surface area (TPSA) is 58.8 Å². The number of hydrogen-bond acceptors (Lipinski definition) is 3. The molecule has 1 saturated heterocycles. The molecule has 3 aromatic rings. The zero-order chi connectivity index (χ0) is 20.1. The number of aryl methyl sites for hydroxylation is 1. The van der Waals surface area contributed by atoms with Gasteiger partial charge in [-0.15, -0.1) is 0 Å². The molecule has 0 spiro atoms. The summed E-state index contributed by atoms with van der Waals surface area (Å²) in [6, 6.07) is 11.7. The molecule has 3 heterocycles. The van der Waals surface area contributed by atoms with Crippen LogP contribution in [0.1, 0.15) is 38.5 Å². The highest BCUT2D eigenvalue weighted by Crippen LogP contribution is 2.15. The summed E-state index contributed by atoms with van der Waals surface area (Å²) in [6.45, 7) is 4.74. The number of aromatic nitrogens is 2. The molecule has 0 atom stereocenters. The van der Waals surface area contributed by atoms with Crippen molar-refractivity contribution in [1.29, 1.82) is 0 Å². The number of benzene rings is 1. The van der Waals surface area contributed by atoms with Crippen LogP contribution in [0.4, 0.5) is 0 Å². The molecule has 1 aliphatic rings. The quantitative estimate of drug-likeness (QED) is 0.598. The van der Waals surface area contributed by atoms with Gasteiger partial charge in [0.05, 0.1) is 11.0 Å². The molecule has 2 aromatic heterocycles. The first-order valence-corrected chi connectivity index (χ1v) is 10.8. The maximum Gasteiger partial charge on any atom is 0.275 e. The number of piperidine rings is 1. The van der Waals surface area contributed by atoms with Gasteiger partial charge in [-0.05, 0) is 69.6 Å². The fourth-order valence-corrected chi connectivity index (χ4v) is 4.33. The van der Waals surface area contributed by atoms with Gasteiger partial charge in [0, 0.05) is 25.7 Å². The van der Waals surface area contributed by atoms with Crippen LogP contribution in [0.25, 0.3) is 16.6 Å². The van der Waals surface area contributed by atoms with Gasteiger partial charge in [-0.2, -0.15) is 0 Å². The minimum absolute atomic E-state index is 0.00404. The third-order valence-electron chi connectivity index (χ3n) is 5.85. The van der Waals surface area contributed by atoms with E-state index >= 15 is 0 Å². The standard InChI is InChI=1S/C23H30N4O2/c28-22(24-13-8-16-25-14-4-1-5-15-25)12-7-18-27-20-10-3-2-9-19(20)26-17-6-11-21(26)23(27)29/h2-3,6,9-11,17H,1,4-5,7-8,12-16,18H2,(H,24,28). The predicted octanol–water partition coefficient (Wildman–Crippen LogP) is 3.03. The van der Waals surface area contributed by atoms with Crippen molar-refractivity contribution < 1.29 is 4.79 Å². The molecule has 0 unspecified atom stereocenters. The summed E-state index contributed by atoms with van der Waals surface area (Å²) in [4.78, 5) is 27.6. The van der Waals surface area contributed by atoms with E-state index in [2.05, 4.69) is 10.2 Å². The first kappa shape index (κ1) is 19.7. The number of para-hydroxylation sites is 2. The van der Waals surface area contributed by atoms with Crippen LogP contribution in [-0.4, -0.2) is 46.0 Å². The summed E-state index contributed by atoms with van der Waals surface area (Å²) in [5.41, 5.74) is 2.58. The van der Waals surface area contributed by atoms with Crippen molar-refractivity contribution in [3.05, 3.63) is 52.9 Å². The number of rotatable bonds is 8. The van der Waals surface area contributed by atoms with Crippen molar-refractivity contribution in [3.8, 4) is 0 Å². The lowest BCUT2D eigenvalue weighted by molar-refractivity contribution is -0.121. The SMILES string of the molecule is O=C(CCCn1c(=O)c2cccn2c2ccccc21)NCCCN1CCCCC1. The van der Waals surface area contributed by atoms with Crippen molar-refractivity contribution >= 4 is 22.5 Å². The van der Waals surface area contributed by atoms with Gasteiger partial charge in [0.15, 0.2) is 0 Å². The predicted molar refractivity (Wildman–Crippen MR) is 116 cm³/mol. The Hall–Kier alpha value is -2.60. The van der Waals surface area contributed by atoms with Crippen molar-refractivity contribution in [3.63, 3.8) is 0 Å². The van der Waals surface area contributed by atoms with E-state index in [1.165, 1.54) is 32.4 Å². The van der Waals surface area contributed by atoms with E-state index in [-0.39, 0.29) is 11.5 Å². The highest BCUT2D eigenvalue weighted by Gasteiger charge is 2.11. The monoisotopic (exact) mass is 394 g/mol. The molecule has 1 N–H and O–H groups in total. The molecule has 4 rings (SSSR count). The third kappa shape index (κ3) is 4.53. The lowest BCUT2D eigenvalue weighted by Crippen LogP contribution is -2.33. The molecule has 6 nitrogen and oxygen atoms in total. The highest BCUT2D eigenvalue weighted by molar-refractivity contribution is 5.79. The highest BCUT2D eigenvalue weighted by atomic mass is 16.1. The average Bonchev–Trinajstić information content (AvgIpc) is 3.25. The van der Waals surface area contributed by atoms with Gasteiger partial charge in [0.1, 0.15) is 5.52 Å². The average molecular weight is 395 g/mol. The fourth-order valence-electron chi connectivity index (χ4n) is 4.33.